The number of hydrogen-bond acceptors (Lipinski definition) is 5. The van der Waals surface area contributed by atoms with Gasteiger partial charge in [0.1, 0.15) is 16.6 Å². The van der Waals surface area contributed by atoms with Crippen LogP contribution in [0.1, 0.15) is 16.1 Å². The maximum Gasteiger partial charge on any atom is 0.132 e. The lowest BCUT2D eigenvalue weighted by atomic mass is 10.2. The summed E-state index contributed by atoms with van der Waals surface area (Å²) >= 11 is 1.62. The molecule has 0 atom stereocenters. The van der Waals surface area contributed by atoms with E-state index in [0.717, 1.165) is 38.3 Å². The van der Waals surface area contributed by atoms with E-state index in [1.165, 1.54) is 0 Å². The van der Waals surface area contributed by atoms with Gasteiger partial charge in [-0.25, -0.2) is 15.0 Å². The lowest BCUT2D eigenvalue weighted by Gasteiger charge is -2.06. The summed E-state index contributed by atoms with van der Waals surface area (Å²) in [6.07, 6.45) is 7.75. The van der Waals surface area contributed by atoms with Gasteiger partial charge in [0.2, 0.25) is 0 Å². The molecule has 0 aliphatic rings. The molecule has 0 saturated carbocycles. The van der Waals surface area contributed by atoms with E-state index in [1.54, 1.807) is 17.5 Å². The van der Waals surface area contributed by atoms with Gasteiger partial charge in [-0.2, -0.15) is 0 Å². The smallest absolute Gasteiger partial charge is 0.132 e. The zero-order valence-electron chi connectivity index (χ0n) is 14.8. The van der Waals surface area contributed by atoms with Crippen LogP contribution in [0.25, 0.3) is 22.7 Å². The summed E-state index contributed by atoms with van der Waals surface area (Å²) in [5, 5.41) is 4.21. The van der Waals surface area contributed by atoms with Crippen molar-refractivity contribution in [1.29, 1.82) is 0 Å². The van der Waals surface area contributed by atoms with Crippen LogP contribution in [-0.4, -0.2) is 15.0 Å². The van der Waals surface area contributed by atoms with Crippen LogP contribution in [0.5, 0.6) is 0 Å². The summed E-state index contributed by atoms with van der Waals surface area (Å²) in [5.41, 5.74) is 3.20. The number of hydrogen-bond donors (Lipinski definition) is 1. The first-order valence-electron chi connectivity index (χ1n) is 8.62. The van der Waals surface area contributed by atoms with E-state index < -0.39 is 0 Å². The second-order valence-electron chi connectivity index (χ2n) is 6.06. The van der Waals surface area contributed by atoms with Crippen molar-refractivity contribution in [2.75, 3.05) is 5.32 Å². The van der Waals surface area contributed by atoms with Gasteiger partial charge in [-0.1, -0.05) is 42.5 Å². The molecule has 0 radical (unpaired) electrons. The number of anilines is 2. The van der Waals surface area contributed by atoms with Crippen molar-refractivity contribution in [2.24, 2.45) is 0 Å². The van der Waals surface area contributed by atoms with Crippen LogP contribution in [-0.2, 0) is 0 Å². The van der Waals surface area contributed by atoms with Crippen LogP contribution in [0.2, 0.25) is 0 Å². The summed E-state index contributed by atoms with van der Waals surface area (Å²) in [6, 6.07) is 20.1. The highest BCUT2D eigenvalue weighted by molar-refractivity contribution is 7.15. The van der Waals surface area contributed by atoms with E-state index in [4.69, 9.17) is 4.98 Å². The molecule has 5 heteroatoms. The number of rotatable bonds is 5. The molecule has 132 valence electrons. The molecule has 1 aromatic carbocycles. The number of nitrogens with one attached hydrogen (secondary N) is 1. The quantitative estimate of drug-likeness (QED) is 0.481. The van der Waals surface area contributed by atoms with Crippen molar-refractivity contribution in [3.05, 3.63) is 89.2 Å². The summed E-state index contributed by atoms with van der Waals surface area (Å²) in [4.78, 5) is 14.5. The van der Waals surface area contributed by atoms with Gasteiger partial charge in [0.05, 0.1) is 10.6 Å². The largest absolute Gasteiger partial charge is 0.325 e. The Hall–Kier alpha value is -3.31. The molecule has 4 rings (SSSR count). The molecule has 0 saturated heterocycles. The summed E-state index contributed by atoms with van der Waals surface area (Å²) in [5.74, 6) is 1.55. The van der Waals surface area contributed by atoms with E-state index in [2.05, 4.69) is 33.5 Å². The SMILES string of the molecule is Cc1ccnc(Nc2cccc(-c3cnc(C=Cc4ccccc4)s3)n2)c1. The Morgan fingerprint density at radius 2 is 1.78 bits per heavy atom. The highest BCUT2D eigenvalue weighted by atomic mass is 32.1. The van der Waals surface area contributed by atoms with Gasteiger partial charge >= 0.3 is 0 Å². The highest BCUT2D eigenvalue weighted by Gasteiger charge is 2.06. The minimum atomic E-state index is 0.764. The summed E-state index contributed by atoms with van der Waals surface area (Å²) in [6.45, 7) is 2.04. The van der Waals surface area contributed by atoms with Crippen LogP contribution in [0.3, 0.4) is 0 Å². The molecular formula is C22H18N4S. The van der Waals surface area contributed by atoms with Crippen molar-refractivity contribution in [1.82, 2.24) is 15.0 Å². The average Bonchev–Trinajstić information content (AvgIpc) is 3.17. The molecule has 1 N–H and O–H groups in total. The molecule has 3 heterocycles. The molecule has 0 unspecified atom stereocenters. The standard InChI is InChI=1S/C22H18N4S/c1-16-12-13-23-21(14-16)26-20-9-5-8-18(25-20)19-15-24-22(27-19)11-10-17-6-3-2-4-7-17/h2-15H,1H3,(H,23,25,26). The van der Waals surface area contributed by atoms with Gasteiger partial charge in [-0.15, -0.1) is 11.3 Å². The third-order valence-electron chi connectivity index (χ3n) is 3.91. The first kappa shape index (κ1) is 17.1. The Morgan fingerprint density at radius 1 is 0.889 bits per heavy atom. The lowest BCUT2D eigenvalue weighted by Crippen LogP contribution is -1.96. The molecule has 4 aromatic rings. The van der Waals surface area contributed by atoms with E-state index in [1.807, 2.05) is 67.7 Å². The zero-order valence-corrected chi connectivity index (χ0v) is 15.6. The number of benzene rings is 1. The van der Waals surface area contributed by atoms with Gasteiger partial charge in [0.15, 0.2) is 0 Å². The fraction of sp³-hybridized carbons (Fsp3) is 0.0455. The molecule has 0 aliphatic heterocycles. The van der Waals surface area contributed by atoms with Gasteiger partial charge < -0.3 is 5.32 Å². The lowest BCUT2D eigenvalue weighted by molar-refractivity contribution is 1.24. The first-order valence-corrected chi connectivity index (χ1v) is 9.44. The van der Waals surface area contributed by atoms with Crippen molar-refractivity contribution < 1.29 is 0 Å². The van der Waals surface area contributed by atoms with Crippen LogP contribution < -0.4 is 5.32 Å². The number of thiazole rings is 1. The Kier molecular flexibility index (Phi) is 5.03. The average molecular weight is 370 g/mol. The second kappa shape index (κ2) is 7.93. The minimum Gasteiger partial charge on any atom is -0.325 e. The Bertz CT molecular complexity index is 1070. The first-order chi connectivity index (χ1) is 13.3. The van der Waals surface area contributed by atoms with Crippen LogP contribution in [0.15, 0.2) is 73.1 Å². The predicted octanol–water partition coefficient (Wildman–Crippen LogP) is 5.82. The van der Waals surface area contributed by atoms with Gasteiger partial charge in [0.25, 0.3) is 0 Å². The van der Waals surface area contributed by atoms with E-state index in [0.29, 0.717) is 0 Å². The van der Waals surface area contributed by atoms with Crippen molar-refractivity contribution in [3.8, 4) is 10.6 Å². The predicted molar refractivity (Wildman–Crippen MR) is 113 cm³/mol. The zero-order chi connectivity index (χ0) is 18.5. The van der Waals surface area contributed by atoms with Crippen molar-refractivity contribution in [2.45, 2.75) is 6.92 Å². The van der Waals surface area contributed by atoms with Crippen LogP contribution in [0.4, 0.5) is 11.6 Å². The molecule has 0 fully saturated rings. The molecule has 4 nitrogen and oxygen atoms in total. The summed E-state index contributed by atoms with van der Waals surface area (Å²) < 4.78 is 0. The fourth-order valence-electron chi connectivity index (χ4n) is 2.59. The maximum absolute atomic E-state index is 4.69. The summed E-state index contributed by atoms with van der Waals surface area (Å²) in [7, 11) is 0. The van der Waals surface area contributed by atoms with Crippen molar-refractivity contribution >= 4 is 35.1 Å². The molecule has 0 spiro atoms. The maximum atomic E-state index is 4.69. The van der Waals surface area contributed by atoms with E-state index in [9.17, 15) is 0 Å². The monoisotopic (exact) mass is 370 g/mol. The number of aromatic nitrogens is 3. The second-order valence-corrected chi connectivity index (χ2v) is 7.12. The third-order valence-corrected chi connectivity index (χ3v) is 4.90. The number of pyridine rings is 2. The number of aryl methyl sites for hydroxylation is 1. The fourth-order valence-corrected chi connectivity index (χ4v) is 3.38. The van der Waals surface area contributed by atoms with Crippen LogP contribution in [0, 0.1) is 6.92 Å². The molecule has 0 bridgehead atoms. The van der Waals surface area contributed by atoms with E-state index in [-0.39, 0.29) is 0 Å². The normalized spacial score (nSPS) is 11.0. The Labute approximate surface area is 162 Å². The van der Waals surface area contributed by atoms with Gasteiger partial charge in [-0.05, 0) is 48.4 Å². The molecule has 0 amide bonds. The molecular weight excluding hydrogens is 352 g/mol. The van der Waals surface area contributed by atoms with E-state index >= 15 is 0 Å². The van der Waals surface area contributed by atoms with Gasteiger partial charge in [0, 0.05) is 12.4 Å². The van der Waals surface area contributed by atoms with Crippen molar-refractivity contribution in [3.63, 3.8) is 0 Å². The van der Waals surface area contributed by atoms with Gasteiger partial charge in [-0.3, -0.25) is 0 Å². The number of nitrogens with zero attached hydrogens (tertiary/aromatic N) is 3. The molecule has 0 aliphatic carbocycles. The Balaban J connectivity index is 1.52. The topological polar surface area (TPSA) is 50.7 Å². The minimum absolute atomic E-state index is 0.764. The third kappa shape index (κ3) is 4.46. The highest BCUT2D eigenvalue weighted by Crippen LogP contribution is 2.27. The van der Waals surface area contributed by atoms with Crippen LogP contribution >= 0.6 is 11.3 Å². The Morgan fingerprint density at radius 3 is 2.63 bits per heavy atom. The molecule has 3 aromatic heterocycles. The molecule has 27 heavy (non-hydrogen) atoms.